The van der Waals surface area contributed by atoms with E-state index in [1.165, 1.54) is 17.4 Å². The number of carbonyl (C=O) groups excluding carboxylic acids is 1. The van der Waals surface area contributed by atoms with E-state index < -0.39 is 0 Å². The van der Waals surface area contributed by atoms with Crippen LogP contribution in [0.3, 0.4) is 0 Å². The van der Waals surface area contributed by atoms with E-state index in [1.807, 2.05) is 11.0 Å². The minimum Gasteiger partial charge on any atom is -0.487 e. The summed E-state index contributed by atoms with van der Waals surface area (Å²) < 4.78 is 10.5. The van der Waals surface area contributed by atoms with Crippen LogP contribution >= 0.6 is 11.3 Å². The van der Waals surface area contributed by atoms with Crippen LogP contribution in [0.25, 0.3) is 11.5 Å². The first-order valence-corrected chi connectivity index (χ1v) is 9.41. The lowest BCUT2D eigenvalue weighted by atomic mass is 9.96. The summed E-state index contributed by atoms with van der Waals surface area (Å²) in [6, 6.07) is 6.67. The van der Waals surface area contributed by atoms with Crippen LogP contribution in [0.1, 0.15) is 34.3 Å². The molecule has 0 atom stereocenters. The van der Waals surface area contributed by atoms with E-state index in [4.69, 9.17) is 9.26 Å². The summed E-state index contributed by atoms with van der Waals surface area (Å²) in [6.07, 6.45) is 3.11. The molecule has 1 fully saturated rings. The minimum atomic E-state index is -0.182. The van der Waals surface area contributed by atoms with Crippen molar-refractivity contribution in [3.8, 4) is 16.5 Å². The summed E-state index contributed by atoms with van der Waals surface area (Å²) in [6.45, 7) is 1.29. The summed E-state index contributed by atoms with van der Waals surface area (Å²) in [5.74, 6) is 1.20. The van der Waals surface area contributed by atoms with Gasteiger partial charge in [-0.1, -0.05) is 16.5 Å². The van der Waals surface area contributed by atoms with Crippen LogP contribution in [0.5, 0.6) is 5.06 Å². The van der Waals surface area contributed by atoms with Crippen molar-refractivity contribution >= 4 is 17.2 Å². The van der Waals surface area contributed by atoms with Crippen LogP contribution in [0.4, 0.5) is 0 Å². The van der Waals surface area contributed by atoms with E-state index in [1.54, 1.807) is 25.4 Å². The second kappa shape index (κ2) is 7.36. The Balaban J connectivity index is 1.40. The SMILES string of the molecule is COc1ccc(C(=O)N2CCC(c3noc(-c4ccc(=O)[nH]c4)n3)CC2)s1. The van der Waals surface area contributed by atoms with Gasteiger partial charge in [0, 0.05) is 31.3 Å². The summed E-state index contributed by atoms with van der Waals surface area (Å²) in [4.78, 5) is 33.3. The summed E-state index contributed by atoms with van der Waals surface area (Å²) >= 11 is 1.36. The standard InChI is InChI=1S/C18H18N4O4S/c1-25-15-5-3-13(27-15)18(24)22-8-6-11(7-9-22)16-20-17(26-21-16)12-2-4-14(23)19-10-12/h2-5,10-11H,6-9H2,1H3,(H,19,23). The lowest BCUT2D eigenvalue weighted by Crippen LogP contribution is -2.37. The Morgan fingerprint density at radius 3 is 2.78 bits per heavy atom. The van der Waals surface area contributed by atoms with Crippen molar-refractivity contribution < 1.29 is 14.1 Å². The van der Waals surface area contributed by atoms with Crippen LogP contribution in [0.2, 0.25) is 0 Å². The molecule has 8 nitrogen and oxygen atoms in total. The Hall–Kier alpha value is -2.94. The molecular formula is C18H18N4O4S. The Bertz CT molecular complexity index is 980. The van der Waals surface area contributed by atoms with Gasteiger partial charge in [-0.05, 0) is 31.0 Å². The van der Waals surface area contributed by atoms with Crippen molar-refractivity contribution in [1.29, 1.82) is 0 Å². The summed E-state index contributed by atoms with van der Waals surface area (Å²) in [5.41, 5.74) is 0.492. The molecule has 27 heavy (non-hydrogen) atoms. The van der Waals surface area contributed by atoms with Gasteiger partial charge in [0.05, 0.1) is 17.6 Å². The number of ether oxygens (including phenoxy) is 1. The third-order valence-corrected chi connectivity index (χ3v) is 5.65. The number of methoxy groups -OCH3 is 1. The maximum Gasteiger partial charge on any atom is 0.264 e. The molecular weight excluding hydrogens is 368 g/mol. The number of piperidine rings is 1. The molecule has 0 spiro atoms. The van der Waals surface area contributed by atoms with E-state index in [0.717, 1.165) is 17.9 Å². The number of amides is 1. The van der Waals surface area contributed by atoms with Gasteiger partial charge in [0.15, 0.2) is 10.9 Å². The number of nitrogens with zero attached hydrogens (tertiary/aromatic N) is 3. The molecule has 0 unspecified atom stereocenters. The maximum atomic E-state index is 12.6. The molecule has 1 aliphatic heterocycles. The number of aromatic amines is 1. The van der Waals surface area contributed by atoms with Gasteiger partial charge in [-0.3, -0.25) is 9.59 Å². The number of pyridine rings is 1. The highest BCUT2D eigenvalue weighted by molar-refractivity contribution is 7.15. The van der Waals surface area contributed by atoms with Gasteiger partial charge in [-0.25, -0.2) is 0 Å². The van der Waals surface area contributed by atoms with Gasteiger partial charge < -0.3 is 19.1 Å². The molecule has 9 heteroatoms. The molecule has 0 saturated carbocycles. The van der Waals surface area contributed by atoms with Crippen molar-refractivity contribution in [3.63, 3.8) is 0 Å². The fourth-order valence-corrected chi connectivity index (χ4v) is 3.89. The number of nitrogens with one attached hydrogen (secondary N) is 1. The molecule has 140 valence electrons. The lowest BCUT2D eigenvalue weighted by Gasteiger charge is -2.30. The number of likely N-dealkylation sites (tertiary alicyclic amines) is 1. The fraction of sp³-hybridized carbons (Fsp3) is 0.333. The normalized spacial score (nSPS) is 15.1. The summed E-state index contributed by atoms with van der Waals surface area (Å²) in [5, 5.41) is 4.82. The third-order valence-electron chi connectivity index (χ3n) is 4.61. The molecule has 4 heterocycles. The zero-order chi connectivity index (χ0) is 18.8. The van der Waals surface area contributed by atoms with Crippen molar-refractivity contribution in [2.75, 3.05) is 20.2 Å². The van der Waals surface area contributed by atoms with Gasteiger partial charge in [0.1, 0.15) is 0 Å². The predicted octanol–water partition coefficient (Wildman–Crippen LogP) is 2.51. The molecule has 1 N–H and O–H groups in total. The molecule has 1 amide bonds. The molecule has 0 radical (unpaired) electrons. The Kier molecular flexibility index (Phi) is 4.76. The number of hydrogen-bond acceptors (Lipinski definition) is 7. The Morgan fingerprint density at radius 1 is 1.30 bits per heavy atom. The minimum absolute atomic E-state index is 0.0313. The van der Waals surface area contributed by atoms with E-state index >= 15 is 0 Å². The largest absolute Gasteiger partial charge is 0.487 e. The van der Waals surface area contributed by atoms with Crippen LogP contribution in [-0.4, -0.2) is 46.1 Å². The molecule has 1 aliphatic rings. The molecule has 0 aliphatic carbocycles. The van der Waals surface area contributed by atoms with Gasteiger partial charge in [0.2, 0.25) is 5.56 Å². The predicted molar refractivity (Wildman–Crippen MR) is 99.1 cm³/mol. The van der Waals surface area contributed by atoms with Crippen LogP contribution in [-0.2, 0) is 0 Å². The van der Waals surface area contributed by atoms with Gasteiger partial charge >= 0.3 is 0 Å². The zero-order valence-corrected chi connectivity index (χ0v) is 15.5. The summed E-state index contributed by atoms with van der Waals surface area (Å²) in [7, 11) is 1.60. The monoisotopic (exact) mass is 386 g/mol. The molecule has 3 aromatic rings. The van der Waals surface area contributed by atoms with Crippen molar-refractivity contribution in [2.45, 2.75) is 18.8 Å². The highest BCUT2D eigenvalue weighted by Gasteiger charge is 2.28. The average Bonchev–Trinajstić information content (AvgIpc) is 3.38. The zero-order valence-electron chi connectivity index (χ0n) is 14.7. The lowest BCUT2D eigenvalue weighted by molar-refractivity contribution is 0.0715. The molecule has 0 aromatic carbocycles. The van der Waals surface area contributed by atoms with Gasteiger partial charge in [0.25, 0.3) is 11.8 Å². The number of rotatable bonds is 4. The second-order valence-electron chi connectivity index (χ2n) is 6.29. The first-order valence-electron chi connectivity index (χ1n) is 8.60. The third kappa shape index (κ3) is 3.63. The number of thiophene rings is 1. The van der Waals surface area contributed by atoms with E-state index in [0.29, 0.717) is 35.2 Å². The van der Waals surface area contributed by atoms with Crippen LogP contribution in [0, 0.1) is 0 Å². The second-order valence-corrected chi connectivity index (χ2v) is 7.33. The van der Waals surface area contributed by atoms with Crippen LogP contribution in [0.15, 0.2) is 39.8 Å². The maximum absolute atomic E-state index is 12.6. The number of carbonyl (C=O) groups is 1. The van der Waals surface area contributed by atoms with Crippen molar-refractivity contribution in [3.05, 3.63) is 51.5 Å². The van der Waals surface area contributed by atoms with E-state index in [2.05, 4.69) is 15.1 Å². The Labute approximate surface area is 158 Å². The van der Waals surface area contributed by atoms with Crippen LogP contribution < -0.4 is 10.3 Å². The topological polar surface area (TPSA) is 101 Å². The number of aromatic nitrogens is 3. The average molecular weight is 386 g/mol. The highest BCUT2D eigenvalue weighted by atomic mass is 32.1. The molecule has 0 bridgehead atoms. The highest BCUT2D eigenvalue weighted by Crippen LogP contribution is 2.30. The number of hydrogen-bond donors (Lipinski definition) is 1. The molecule has 1 saturated heterocycles. The van der Waals surface area contributed by atoms with E-state index in [-0.39, 0.29) is 17.4 Å². The number of H-pyrrole nitrogens is 1. The van der Waals surface area contributed by atoms with Gasteiger partial charge in [-0.2, -0.15) is 4.98 Å². The molecule has 3 aromatic heterocycles. The van der Waals surface area contributed by atoms with Gasteiger partial charge in [-0.15, -0.1) is 0 Å². The first-order chi connectivity index (χ1) is 13.1. The van der Waals surface area contributed by atoms with E-state index in [9.17, 15) is 9.59 Å². The van der Waals surface area contributed by atoms with Crippen molar-refractivity contribution in [2.24, 2.45) is 0 Å². The first kappa shape index (κ1) is 17.5. The van der Waals surface area contributed by atoms with Crippen molar-refractivity contribution in [1.82, 2.24) is 20.0 Å². The Morgan fingerprint density at radius 2 is 2.11 bits per heavy atom. The quantitative estimate of drug-likeness (QED) is 0.739. The molecule has 4 rings (SSSR count). The fourth-order valence-electron chi connectivity index (χ4n) is 3.10. The smallest absolute Gasteiger partial charge is 0.264 e.